The molecule has 36 heavy (non-hydrogen) atoms. The van der Waals surface area contributed by atoms with Crippen LogP contribution in [0.4, 0.5) is 0 Å². The average Bonchev–Trinajstić information content (AvgIpc) is 3.40. The number of fused-ring (bicyclic) bond motifs is 1. The van der Waals surface area contributed by atoms with Crippen molar-refractivity contribution in [2.24, 2.45) is 5.92 Å². The number of piperidine rings is 1. The molecule has 3 amide bonds. The monoisotopic (exact) mass is 495 g/mol. The maximum absolute atomic E-state index is 13.4. The highest BCUT2D eigenvalue weighted by molar-refractivity contribution is 5.98. The molecule has 1 fully saturated rings. The zero-order valence-electron chi connectivity index (χ0n) is 21.0. The molecule has 0 saturated carbocycles. The van der Waals surface area contributed by atoms with E-state index in [0.29, 0.717) is 67.4 Å². The molecule has 2 aromatic rings. The number of rotatable bonds is 8. The molecule has 0 bridgehead atoms. The van der Waals surface area contributed by atoms with E-state index in [4.69, 9.17) is 14.2 Å². The van der Waals surface area contributed by atoms with Crippen molar-refractivity contribution >= 4 is 17.7 Å². The van der Waals surface area contributed by atoms with Gasteiger partial charge in [-0.15, -0.1) is 0 Å². The van der Waals surface area contributed by atoms with E-state index < -0.39 is 6.04 Å². The highest BCUT2D eigenvalue weighted by Gasteiger charge is 2.36. The number of nitrogens with one attached hydrogen (secondary N) is 1. The van der Waals surface area contributed by atoms with E-state index in [9.17, 15) is 14.4 Å². The van der Waals surface area contributed by atoms with E-state index in [1.54, 1.807) is 59.4 Å². The molecule has 1 atom stereocenters. The fraction of sp³-hybridized carbons (Fsp3) is 0.444. The first-order chi connectivity index (χ1) is 17.4. The Labute approximate surface area is 211 Å². The zero-order valence-corrected chi connectivity index (χ0v) is 21.0. The van der Waals surface area contributed by atoms with Crippen LogP contribution in [0.5, 0.6) is 17.2 Å². The average molecular weight is 496 g/mol. The first-order valence-electron chi connectivity index (χ1n) is 12.4. The number of amides is 3. The molecule has 2 aromatic carbocycles. The number of carbonyl (C=O) groups excluding carboxylic acids is 3. The summed E-state index contributed by atoms with van der Waals surface area (Å²) < 4.78 is 15.9. The van der Waals surface area contributed by atoms with Crippen LogP contribution in [0, 0.1) is 5.92 Å². The van der Waals surface area contributed by atoms with Gasteiger partial charge >= 0.3 is 0 Å². The second kappa shape index (κ2) is 11.3. The van der Waals surface area contributed by atoms with Crippen LogP contribution in [-0.4, -0.2) is 73.6 Å². The number of hydrogen-bond donors (Lipinski definition) is 1. The summed E-state index contributed by atoms with van der Waals surface area (Å²) in [7, 11) is 1.57. The maximum Gasteiger partial charge on any atom is 0.253 e. The van der Waals surface area contributed by atoms with Gasteiger partial charge in [0.15, 0.2) is 11.5 Å². The van der Waals surface area contributed by atoms with Gasteiger partial charge < -0.3 is 29.3 Å². The Morgan fingerprint density at radius 2 is 1.64 bits per heavy atom. The minimum absolute atomic E-state index is 0.0823. The van der Waals surface area contributed by atoms with Gasteiger partial charge in [-0.25, -0.2) is 0 Å². The molecule has 9 nitrogen and oxygen atoms in total. The van der Waals surface area contributed by atoms with Crippen LogP contribution >= 0.6 is 0 Å². The van der Waals surface area contributed by atoms with Crippen molar-refractivity contribution in [3.05, 3.63) is 53.6 Å². The Balaban J connectivity index is 1.45. The van der Waals surface area contributed by atoms with Crippen molar-refractivity contribution in [2.45, 2.75) is 32.7 Å². The van der Waals surface area contributed by atoms with Crippen LogP contribution < -0.4 is 19.5 Å². The second-order valence-electron chi connectivity index (χ2n) is 8.89. The molecule has 0 aliphatic carbocycles. The number of ether oxygens (including phenoxy) is 3. The third-order valence-electron chi connectivity index (χ3n) is 6.90. The van der Waals surface area contributed by atoms with Gasteiger partial charge in [0, 0.05) is 37.3 Å². The fourth-order valence-corrected chi connectivity index (χ4v) is 4.73. The molecule has 0 radical (unpaired) electrons. The maximum atomic E-state index is 13.4. The molecule has 2 aliphatic heterocycles. The SMILES string of the molecule is CCN(CC)C(=O)[C@@H](NC(=O)c1ccc(OC)cc1)C1CCN(C(=O)c2ccc3c(c2)OCO3)CC1. The number of carbonyl (C=O) groups is 3. The number of hydrogen-bond acceptors (Lipinski definition) is 6. The van der Waals surface area contributed by atoms with Crippen LogP contribution in [0.1, 0.15) is 47.4 Å². The van der Waals surface area contributed by atoms with E-state index in [1.165, 1.54) is 0 Å². The lowest BCUT2D eigenvalue weighted by atomic mass is 9.87. The smallest absolute Gasteiger partial charge is 0.253 e. The Hall–Kier alpha value is -3.75. The normalized spacial score (nSPS) is 15.8. The Bertz CT molecular complexity index is 1090. The molecule has 4 rings (SSSR count). The predicted octanol–water partition coefficient (Wildman–Crippen LogP) is 2.94. The van der Waals surface area contributed by atoms with Gasteiger partial charge in [0.05, 0.1) is 7.11 Å². The molecular formula is C27H33N3O6. The number of methoxy groups -OCH3 is 1. The van der Waals surface area contributed by atoms with E-state index in [1.807, 2.05) is 13.8 Å². The largest absolute Gasteiger partial charge is 0.497 e. The van der Waals surface area contributed by atoms with Crippen molar-refractivity contribution in [1.82, 2.24) is 15.1 Å². The quantitative estimate of drug-likeness (QED) is 0.605. The summed E-state index contributed by atoms with van der Waals surface area (Å²) >= 11 is 0. The lowest BCUT2D eigenvalue weighted by molar-refractivity contribution is -0.134. The molecule has 0 spiro atoms. The van der Waals surface area contributed by atoms with Gasteiger partial charge in [0.2, 0.25) is 12.7 Å². The topological polar surface area (TPSA) is 97.4 Å². The molecular weight excluding hydrogens is 462 g/mol. The number of likely N-dealkylation sites (N-methyl/N-ethyl adjacent to an activating group) is 1. The van der Waals surface area contributed by atoms with Crippen LogP contribution in [0.3, 0.4) is 0 Å². The molecule has 0 aromatic heterocycles. The van der Waals surface area contributed by atoms with E-state index in [0.717, 1.165) is 0 Å². The summed E-state index contributed by atoms with van der Waals surface area (Å²) in [5.41, 5.74) is 1.00. The lowest BCUT2D eigenvalue weighted by Crippen LogP contribution is -2.54. The van der Waals surface area contributed by atoms with Crippen molar-refractivity contribution < 1.29 is 28.6 Å². The molecule has 2 aliphatic rings. The number of benzene rings is 2. The van der Waals surface area contributed by atoms with Crippen molar-refractivity contribution in [1.29, 1.82) is 0 Å². The standard InChI is InChI=1S/C27H33N3O6/c1-4-29(5-2)27(33)24(28-25(31)19-6-9-21(34-3)10-7-19)18-12-14-30(15-13-18)26(32)20-8-11-22-23(16-20)36-17-35-22/h6-11,16,18,24H,4-5,12-15,17H2,1-3H3,(H,28,31)/t24-/m0/s1. The van der Waals surface area contributed by atoms with Gasteiger partial charge in [-0.1, -0.05) is 0 Å². The van der Waals surface area contributed by atoms with E-state index >= 15 is 0 Å². The highest BCUT2D eigenvalue weighted by atomic mass is 16.7. The van der Waals surface area contributed by atoms with Crippen LogP contribution in [0.2, 0.25) is 0 Å². The molecule has 9 heteroatoms. The van der Waals surface area contributed by atoms with Crippen LogP contribution in [0.25, 0.3) is 0 Å². The molecule has 1 N–H and O–H groups in total. The van der Waals surface area contributed by atoms with Gasteiger partial charge in [-0.3, -0.25) is 14.4 Å². The zero-order chi connectivity index (χ0) is 25.7. The number of nitrogens with zero attached hydrogens (tertiary/aromatic N) is 2. The summed E-state index contributed by atoms with van der Waals surface area (Å²) in [5.74, 6) is 1.30. The second-order valence-corrected chi connectivity index (χ2v) is 8.89. The summed E-state index contributed by atoms with van der Waals surface area (Å²) in [5, 5.41) is 2.99. The van der Waals surface area contributed by atoms with Gasteiger partial charge in [0.25, 0.3) is 11.8 Å². The predicted molar refractivity (Wildman–Crippen MR) is 133 cm³/mol. The molecule has 2 heterocycles. The van der Waals surface area contributed by atoms with Crippen molar-refractivity contribution in [3.63, 3.8) is 0 Å². The third kappa shape index (κ3) is 5.40. The third-order valence-corrected chi connectivity index (χ3v) is 6.90. The Morgan fingerprint density at radius 1 is 1.00 bits per heavy atom. The highest BCUT2D eigenvalue weighted by Crippen LogP contribution is 2.33. The minimum Gasteiger partial charge on any atom is -0.497 e. The van der Waals surface area contributed by atoms with Gasteiger partial charge in [-0.05, 0) is 75.1 Å². The van der Waals surface area contributed by atoms with Crippen LogP contribution in [0.15, 0.2) is 42.5 Å². The Kier molecular flexibility index (Phi) is 7.97. The first-order valence-corrected chi connectivity index (χ1v) is 12.4. The summed E-state index contributed by atoms with van der Waals surface area (Å²) in [4.78, 5) is 43.1. The van der Waals surface area contributed by atoms with Crippen molar-refractivity contribution in [3.8, 4) is 17.2 Å². The van der Waals surface area contributed by atoms with E-state index in [-0.39, 0.29) is 30.4 Å². The molecule has 0 unspecified atom stereocenters. The van der Waals surface area contributed by atoms with Crippen molar-refractivity contribution in [2.75, 3.05) is 40.1 Å². The minimum atomic E-state index is -0.665. The summed E-state index contributed by atoms with van der Waals surface area (Å²) in [6.45, 7) is 6.13. The first kappa shape index (κ1) is 25.3. The summed E-state index contributed by atoms with van der Waals surface area (Å²) in [6.07, 6.45) is 1.22. The Morgan fingerprint density at radius 3 is 2.28 bits per heavy atom. The lowest BCUT2D eigenvalue weighted by Gasteiger charge is -2.37. The number of likely N-dealkylation sites (tertiary alicyclic amines) is 1. The van der Waals surface area contributed by atoms with Gasteiger partial charge in [-0.2, -0.15) is 0 Å². The fourth-order valence-electron chi connectivity index (χ4n) is 4.73. The molecule has 1 saturated heterocycles. The van der Waals surface area contributed by atoms with Gasteiger partial charge in [0.1, 0.15) is 11.8 Å². The van der Waals surface area contributed by atoms with Crippen LogP contribution in [-0.2, 0) is 4.79 Å². The molecule has 192 valence electrons. The van der Waals surface area contributed by atoms with E-state index in [2.05, 4.69) is 5.32 Å². The summed E-state index contributed by atoms with van der Waals surface area (Å²) in [6, 6.07) is 11.3.